The minimum absolute atomic E-state index is 0.147. The van der Waals surface area contributed by atoms with Gasteiger partial charge in [0.05, 0.1) is 6.10 Å². The fourth-order valence-electron chi connectivity index (χ4n) is 2.88. The Morgan fingerprint density at radius 2 is 1.86 bits per heavy atom. The first-order valence-electron chi connectivity index (χ1n) is 7.81. The second kappa shape index (κ2) is 6.94. The van der Waals surface area contributed by atoms with Gasteiger partial charge in [-0.2, -0.15) is 0 Å². The predicted octanol–water partition coefficient (Wildman–Crippen LogP) is 3.69. The van der Waals surface area contributed by atoms with Crippen molar-refractivity contribution in [3.63, 3.8) is 0 Å². The molecule has 0 radical (unpaired) electrons. The first-order chi connectivity index (χ1) is 9.95. The molecule has 1 saturated carbocycles. The van der Waals surface area contributed by atoms with E-state index in [0.717, 1.165) is 30.0 Å². The summed E-state index contributed by atoms with van der Waals surface area (Å²) in [6.07, 6.45) is 2.79. The van der Waals surface area contributed by atoms with Crippen LogP contribution in [0, 0.1) is 11.8 Å². The summed E-state index contributed by atoms with van der Waals surface area (Å²) in [5.74, 6) is 1.41. The van der Waals surface area contributed by atoms with Crippen molar-refractivity contribution in [3.8, 4) is 0 Å². The summed E-state index contributed by atoms with van der Waals surface area (Å²) in [7, 11) is 0. The molecular weight excluding hydrogens is 264 g/mol. The zero-order chi connectivity index (χ0) is 15.4. The van der Waals surface area contributed by atoms with Crippen LogP contribution < -0.4 is 10.6 Å². The van der Waals surface area contributed by atoms with Crippen LogP contribution in [-0.2, 0) is 0 Å². The Labute approximate surface area is 126 Å². The van der Waals surface area contributed by atoms with E-state index < -0.39 is 6.10 Å². The highest BCUT2D eigenvalue weighted by Crippen LogP contribution is 2.29. The van der Waals surface area contributed by atoms with Crippen molar-refractivity contribution in [2.24, 2.45) is 11.8 Å². The van der Waals surface area contributed by atoms with E-state index in [1.54, 1.807) is 6.92 Å². The minimum atomic E-state index is -0.487. The summed E-state index contributed by atoms with van der Waals surface area (Å²) in [6.45, 7) is 6.26. The van der Waals surface area contributed by atoms with E-state index in [-0.39, 0.29) is 12.1 Å². The molecule has 4 heteroatoms. The number of aliphatic hydroxyl groups is 1. The molecule has 2 amide bonds. The van der Waals surface area contributed by atoms with Gasteiger partial charge in [0.15, 0.2) is 0 Å². The second-order valence-corrected chi connectivity index (χ2v) is 6.36. The summed E-state index contributed by atoms with van der Waals surface area (Å²) in [6, 6.07) is 7.40. The van der Waals surface area contributed by atoms with Crippen LogP contribution in [0.3, 0.4) is 0 Å². The predicted molar refractivity (Wildman–Crippen MR) is 85.2 cm³/mol. The zero-order valence-electron chi connectivity index (χ0n) is 13.1. The van der Waals surface area contributed by atoms with Crippen molar-refractivity contribution in [3.05, 3.63) is 29.8 Å². The van der Waals surface area contributed by atoms with E-state index in [4.69, 9.17) is 0 Å². The average Bonchev–Trinajstić information content (AvgIpc) is 2.43. The molecule has 4 nitrogen and oxygen atoms in total. The molecule has 1 aliphatic rings. The lowest BCUT2D eigenvalue weighted by Crippen LogP contribution is -2.41. The highest BCUT2D eigenvalue weighted by Gasteiger charge is 2.25. The summed E-state index contributed by atoms with van der Waals surface area (Å²) in [4.78, 5) is 12.0. The van der Waals surface area contributed by atoms with E-state index in [9.17, 15) is 9.90 Å². The summed E-state index contributed by atoms with van der Waals surface area (Å²) < 4.78 is 0. The van der Waals surface area contributed by atoms with E-state index in [1.807, 2.05) is 24.3 Å². The Morgan fingerprint density at radius 1 is 1.19 bits per heavy atom. The molecule has 21 heavy (non-hydrogen) atoms. The molecule has 4 atom stereocenters. The number of carbonyl (C=O) groups is 1. The lowest BCUT2D eigenvalue weighted by Gasteiger charge is -2.32. The SMILES string of the molecule is CC(O)c1ccc(NC(=O)NC2CCC(C)C(C)C2)cc1. The van der Waals surface area contributed by atoms with Gasteiger partial charge in [-0.1, -0.05) is 26.0 Å². The molecule has 3 N–H and O–H groups in total. The molecule has 0 spiro atoms. The smallest absolute Gasteiger partial charge is 0.319 e. The number of carbonyl (C=O) groups excluding carboxylic acids is 1. The quantitative estimate of drug-likeness (QED) is 0.795. The Kier molecular flexibility index (Phi) is 5.23. The van der Waals surface area contributed by atoms with Gasteiger partial charge >= 0.3 is 6.03 Å². The number of aliphatic hydroxyl groups excluding tert-OH is 1. The highest BCUT2D eigenvalue weighted by molar-refractivity contribution is 5.89. The molecule has 2 rings (SSSR count). The number of hydrogen-bond acceptors (Lipinski definition) is 2. The van der Waals surface area contributed by atoms with Gasteiger partial charge in [-0.3, -0.25) is 0 Å². The Morgan fingerprint density at radius 3 is 2.43 bits per heavy atom. The van der Waals surface area contributed by atoms with E-state index >= 15 is 0 Å². The molecule has 0 heterocycles. The fourth-order valence-corrected chi connectivity index (χ4v) is 2.88. The Balaban J connectivity index is 1.84. The largest absolute Gasteiger partial charge is 0.389 e. The van der Waals surface area contributed by atoms with Gasteiger partial charge in [-0.05, 0) is 55.7 Å². The maximum absolute atomic E-state index is 12.0. The first kappa shape index (κ1) is 15.8. The van der Waals surface area contributed by atoms with Crippen molar-refractivity contribution in [1.29, 1.82) is 0 Å². The average molecular weight is 290 g/mol. The monoisotopic (exact) mass is 290 g/mol. The van der Waals surface area contributed by atoms with Crippen LogP contribution in [0.15, 0.2) is 24.3 Å². The van der Waals surface area contributed by atoms with Crippen molar-refractivity contribution in [1.82, 2.24) is 5.32 Å². The van der Waals surface area contributed by atoms with Crippen molar-refractivity contribution in [2.45, 2.75) is 52.2 Å². The topological polar surface area (TPSA) is 61.4 Å². The molecule has 0 aliphatic heterocycles. The Hall–Kier alpha value is -1.55. The van der Waals surface area contributed by atoms with Crippen molar-refractivity contribution >= 4 is 11.7 Å². The van der Waals surface area contributed by atoms with E-state index in [2.05, 4.69) is 24.5 Å². The van der Waals surface area contributed by atoms with Crippen LogP contribution in [0.2, 0.25) is 0 Å². The lowest BCUT2D eigenvalue weighted by atomic mass is 9.79. The third kappa shape index (κ3) is 4.46. The van der Waals surface area contributed by atoms with Crippen LogP contribution in [0.5, 0.6) is 0 Å². The number of nitrogens with one attached hydrogen (secondary N) is 2. The van der Waals surface area contributed by atoms with Gasteiger partial charge in [0.1, 0.15) is 0 Å². The third-order valence-electron chi connectivity index (χ3n) is 4.58. The maximum atomic E-state index is 12.0. The molecule has 0 saturated heterocycles. The number of benzene rings is 1. The standard InChI is InChI=1S/C17H26N2O2/c1-11-4-7-16(10-12(11)2)19-17(21)18-15-8-5-14(6-9-15)13(3)20/h5-6,8-9,11-13,16,20H,4,7,10H2,1-3H3,(H2,18,19,21). The number of hydrogen-bond donors (Lipinski definition) is 3. The molecule has 1 aliphatic carbocycles. The van der Waals surface area contributed by atoms with Crippen molar-refractivity contribution < 1.29 is 9.90 Å². The molecule has 1 fully saturated rings. The van der Waals surface area contributed by atoms with Gasteiger partial charge in [0, 0.05) is 11.7 Å². The van der Waals surface area contributed by atoms with Crippen LogP contribution in [0.1, 0.15) is 51.7 Å². The third-order valence-corrected chi connectivity index (χ3v) is 4.58. The number of amides is 2. The van der Waals surface area contributed by atoms with Gasteiger partial charge in [-0.25, -0.2) is 4.79 Å². The normalized spacial score (nSPS) is 27.0. The van der Waals surface area contributed by atoms with Gasteiger partial charge in [0.2, 0.25) is 0 Å². The summed E-state index contributed by atoms with van der Waals surface area (Å²) >= 11 is 0. The molecule has 1 aromatic carbocycles. The molecule has 0 aromatic heterocycles. The minimum Gasteiger partial charge on any atom is -0.389 e. The number of rotatable bonds is 3. The molecule has 1 aromatic rings. The van der Waals surface area contributed by atoms with Crippen LogP contribution in [0.4, 0.5) is 10.5 Å². The van der Waals surface area contributed by atoms with E-state index in [1.165, 1.54) is 6.42 Å². The molecule has 0 bridgehead atoms. The van der Waals surface area contributed by atoms with Gasteiger partial charge in [0.25, 0.3) is 0 Å². The Bertz CT molecular complexity index is 470. The lowest BCUT2D eigenvalue weighted by molar-refractivity contribution is 0.199. The zero-order valence-corrected chi connectivity index (χ0v) is 13.1. The van der Waals surface area contributed by atoms with E-state index in [0.29, 0.717) is 5.92 Å². The molecule has 116 valence electrons. The molecule has 4 unspecified atom stereocenters. The van der Waals surface area contributed by atoms with Gasteiger partial charge < -0.3 is 15.7 Å². The second-order valence-electron chi connectivity index (χ2n) is 6.36. The van der Waals surface area contributed by atoms with Crippen LogP contribution in [-0.4, -0.2) is 17.2 Å². The maximum Gasteiger partial charge on any atom is 0.319 e. The molecular formula is C17H26N2O2. The van der Waals surface area contributed by atoms with Crippen molar-refractivity contribution in [2.75, 3.05) is 5.32 Å². The summed E-state index contributed by atoms with van der Waals surface area (Å²) in [5.41, 5.74) is 1.59. The van der Waals surface area contributed by atoms with Crippen LogP contribution in [0.25, 0.3) is 0 Å². The highest BCUT2D eigenvalue weighted by atomic mass is 16.3. The summed E-state index contributed by atoms with van der Waals surface area (Å²) in [5, 5.41) is 15.4. The van der Waals surface area contributed by atoms with Gasteiger partial charge in [-0.15, -0.1) is 0 Å². The first-order valence-corrected chi connectivity index (χ1v) is 7.81. The van der Waals surface area contributed by atoms with Crippen LogP contribution >= 0.6 is 0 Å². The number of urea groups is 1. The fraction of sp³-hybridized carbons (Fsp3) is 0.588. The number of anilines is 1.